The van der Waals surface area contributed by atoms with Crippen LogP contribution in [0.1, 0.15) is 24.8 Å². The molecule has 1 aromatic carbocycles. The van der Waals surface area contributed by atoms with E-state index in [1.54, 1.807) is 18.2 Å². The maximum atomic E-state index is 11.9. The number of unbranched alkanes of at least 4 members (excludes halogenated alkanes) is 2. The Bertz CT molecular complexity index is 556. The number of hydrogen-bond acceptors (Lipinski definition) is 2. The summed E-state index contributed by atoms with van der Waals surface area (Å²) in [5, 5.41) is 0.402. The summed E-state index contributed by atoms with van der Waals surface area (Å²) in [6, 6.07) is 5.20. The molecule has 0 aliphatic carbocycles. The quantitative estimate of drug-likeness (QED) is 0.436. The van der Waals surface area contributed by atoms with Gasteiger partial charge in [0.05, 0.1) is 16.5 Å². The van der Waals surface area contributed by atoms with Crippen LogP contribution in [0, 0.1) is 6.92 Å². The van der Waals surface area contributed by atoms with E-state index in [0.29, 0.717) is 16.6 Å². The molecule has 20 heavy (non-hydrogen) atoms. The number of allylic oxidation sites excluding steroid dienone is 1. The summed E-state index contributed by atoms with van der Waals surface area (Å²) in [6.45, 7) is 1.90. The Morgan fingerprint density at radius 2 is 2.00 bits per heavy atom. The second-order valence-electron chi connectivity index (χ2n) is 4.52. The van der Waals surface area contributed by atoms with Gasteiger partial charge in [-0.2, -0.15) is 0 Å². The molecule has 0 saturated carbocycles. The number of alkyl halides is 1. The molecule has 0 radical (unpaired) electrons. The van der Waals surface area contributed by atoms with Gasteiger partial charge in [0, 0.05) is 5.88 Å². The lowest BCUT2D eigenvalue weighted by molar-refractivity contribution is 0.604. The fourth-order valence-electron chi connectivity index (χ4n) is 1.58. The number of nitrogens with one attached hydrogen (secondary N) is 1. The molecule has 0 spiro atoms. The van der Waals surface area contributed by atoms with E-state index in [4.69, 9.17) is 23.2 Å². The summed E-state index contributed by atoms with van der Waals surface area (Å²) in [6.07, 6.45) is 6.27. The van der Waals surface area contributed by atoms with Crippen molar-refractivity contribution < 1.29 is 8.42 Å². The fraction of sp³-hybridized carbons (Fsp3) is 0.429. The van der Waals surface area contributed by atoms with E-state index in [0.717, 1.165) is 24.8 Å². The molecule has 0 atom stereocenters. The summed E-state index contributed by atoms with van der Waals surface area (Å²) < 4.78 is 26.3. The first-order valence-corrected chi connectivity index (χ1v) is 8.98. The van der Waals surface area contributed by atoms with Gasteiger partial charge in [0.2, 0.25) is 10.0 Å². The lowest BCUT2D eigenvalue weighted by Crippen LogP contribution is -2.15. The second-order valence-corrected chi connectivity index (χ2v) is 7.08. The van der Waals surface area contributed by atoms with E-state index in [2.05, 4.69) is 4.72 Å². The maximum Gasteiger partial charge on any atom is 0.236 e. The van der Waals surface area contributed by atoms with E-state index in [1.807, 2.05) is 19.1 Å². The van der Waals surface area contributed by atoms with Crippen molar-refractivity contribution in [2.45, 2.75) is 26.2 Å². The summed E-state index contributed by atoms with van der Waals surface area (Å²) in [4.78, 5) is 0. The van der Waals surface area contributed by atoms with E-state index >= 15 is 0 Å². The number of rotatable bonds is 8. The van der Waals surface area contributed by atoms with Gasteiger partial charge < -0.3 is 0 Å². The summed E-state index contributed by atoms with van der Waals surface area (Å²) >= 11 is 11.6. The van der Waals surface area contributed by atoms with E-state index in [1.165, 1.54) is 0 Å². The first kappa shape index (κ1) is 17.3. The van der Waals surface area contributed by atoms with Crippen molar-refractivity contribution in [3.63, 3.8) is 0 Å². The lowest BCUT2D eigenvalue weighted by atomic mass is 10.2. The van der Waals surface area contributed by atoms with Crippen molar-refractivity contribution >= 4 is 38.9 Å². The molecule has 0 fully saturated rings. The van der Waals surface area contributed by atoms with Gasteiger partial charge >= 0.3 is 0 Å². The highest BCUT2D eigenvalue weighted by molar-refractivity contribution is 7.92. The molecule has 0 aliphatic heterocycles. The van der Waals surface area contributed by atoms with Crippen LogP contribution in [0.4, 0.5) is 5.69 Å². The lowest BCUT2D eigenvalue weighted by Gasteiger charge is -2.08. The first-order chi connectivity index (χ1) is 9.44. The molecule has 3 nitrogen and oxygen atoms in total. The zero-order valence-corrected chi connectivity index (χ0v) is 13.7. The van der Waals surface area contributed by atoms with Crippen molar-refractivity contribution in [3.05, 3.63) is 40.9 Å². The van der Waals surface area contributed by atoms with Gasteiger partial charge in [-0.15, -0.1) is 11.6 Å². The smallest absolute Gasteiger partial charge is 0.236 e. The fourth-order valence-corrected chi connectivity index (χ4v) is 3.09. The number of hydrogen-bond donors (Lipinski definition) is 1. The van der Waals surface area contributed by atoms with Crippen molar-refractivity contribution in [2.75, 3.05) is 16.4 Å². The normalized spacial score (nSPS) is 11.9. The summed E-state index contributed by atoms with van der Waals surface area (Å²) in [7, 11) is -3.41. The van der Waals surface area contributed by atoms with Crippen LogP contribution in [0.3, 0.4) is 0 Å². The predicted octanol–water partition coefficient (Wildman–Crippen LogP) is 4.36. The van der Waals surface area contributed by atoms with E-state index < -0.39 is 10.0 Å². The highest BCUT2D eigenvalue weighted by atomic mass is 35.5. The molecule has 0 aliphatic rings. The van der Waals surface area contributed by atoms with Crippen LogP contribution in [0.15, 0.2) is 30.4 Å². The maximum absolute atomic E-state index is 11.9. The molecule has 0 saturated heterocycles. The minimum atomic E-state index is -3.41. The standard InChI is InChI=1S/C14H19Cl2NO2S/c1-12-7-8-14(13(16)11-12)17-20(18,19)10-6-4-2-3-5-9-15/h4,6-8,11,17H,2-3,5,9-10H2,1H3. The zero-order chi connectivity index (χ0) is 15.0. The number of benzene rings is 1. The van der Waals surface area contributed by atoms with Crippen LogP contribution in [0.25, 0.3) is 0 Å². The Morgan fingerprint density at radius 1 is 1.25 bits per heavy atom. The second kappa shape index (κ2) is 8.55. The van der Waals surface area contributed by atoms with Gasteiger partial charge in [0.15, 0.2) is 0 Å². The number of halogens is 2. The largest absolute Gasteiger partial charge is 0.282 e. The minimum absolute atomic E-state index is 0.0575. The topological polar surface area (TPSA) is 46.2 Å². The third-order valence-corrected chi connectivity index (χ3v) is 4.37. The SMILES string of the molecule is Cc1ccc(NS(=O)(=O)CC=CCCCCCl)c(Cl)c1. The Kier molecular flexibility index (Phi) is 7.41. The Labute approximate surface area is 131 Å². The Hall–Kier alpha value is -0.710. The number of sulfonamides is 1. The first-order valence-electron chi connectivity index (χ1n) is 6.42. The molecule has 0 aromatic heterocycles. The minimum Gasteiger partial charge on any atom is -0.282 e. The summed E-state index contributed by atoms with van der Waals surface area (Å²) in [5.74, 6) is 0.581. The number of anilines is 1. The molecule has 0 heterocycles. The molecule has 112 valence electrons. The average molecular weight is 336 g/mol. The molecule has 0 bridgehead atoms. The van der Waals surface area contributed by atoms with Crippen LogP contribution >= 0.6 is 23.2 Å². The van der Waals surface area contributed by atoms with Crippen LogP contribution < -0.4 is 4.72 Å². The van der Waals surface area contributed by atoms with Crippen LogP contribution in [-0.2, 0) is 10.0 Å². The van der Waals surface area contributed by atoms with Gasteiger partial charge in [0.25, 0.3) is 0 Å². The van der Waals surface area contributed by atoms with Crippen LogP contribution in [0.5, 0.6) is 0 Å². The zero-order valence-electron chi connectivity index (χ0n) is 11.4. The highest BCUT2D eigenvalue weighted by Crippen LogP contribution is 2.23. The third-order valence-electron chi connectivity index (χ3n) is 2.63. The Morgan fingerprint density at radius 3 is 2.65 bits per heavy atom. The third kappa shape index (κ3) is 6.64. The summed E-state index contributed by atoms with van der Waals surface area (Å²) in [5.41, 5.74) is 1.39. The Balaban J connectivity index is 2.53. The van der Waals surface area contributed by atoms with Crippen molar-refractivity contribution in [1.29, 1.82) is 0 Å². The molecular formula is C14H19Cl2NO2S. The van der Waals surface area contributed by atoms with Gasteiger partial charge in [-0.05, 0) is 43.9 Å². The van der Waals surface area contributed by atoms with Gasteiger partial charge in [0.1, 0.15) is 0 Å². The van der Waals surface area contributed by atoms with Crippen molar-refractivity contribution in [3.8, 4) is 0 Å². The van der Waals surface area contributed by atoms with Crippen molar-refractivity contribution in [1.82, 2.24) is 0 Å². The van der Waals surface area contributed by atoms with Crippen molar-refractivity contribution in [2.24, 2.45) is 0 Å². The molecule has 1 N–H and O–H groups in total. The monoisotopic (exact) mass is 335 g/mol. The molecule has 1 rings (SSSR count). The molecule has 0 amide bonds. The molecular weight excluding hydrogens is 317 g/mol. The number of aryl methyl sites for hydroxylation is 1. The van der Waals surface area contributed by atoms with Gasteiger partial charge in [-0.1, -0.05) is 29.8 Å². The van der Waals surface area contributed by atoms with E-state index in [9.17, 15) is 8.42 Å². The van der Waals surface area contributed by atoms with Crippen LogP contribution in [-0.4, -0.2) is 20.1 Å². The molecule has 6 heteroatoms. The van der Waals surface area contributed by atoms with E-state index in [-0.39, 0.29) is 5.75 Å². The average Bonchev–Trinajstić information content (AvgIpc) is 2.37. The van der Waals surface area contributed by atoms with Gasteiger partial charge in [-0.3, -0.25) is 4.72 Å². The molecule has 0 unspecified atom stereocenters. The molecule has 1 aromatic rings. The predicted molar refractivity (Wildman–Crippen MR) is 87.3 cm³/mol. The highest BCUT2D eigenvalue weighted by Gasteiger charge is 2.10. The van der Waals surface area contributed by atoms with Crippen LogP contribution in [0.2, 0.25) is 5.02 Å². The van der Waals surface area contributed by atoms with Gasteiger partial charge in [-0.25, -0.2) is 8.42 Å².